The fourth-order valence-electron chi connectivity index (χ4n) is 2.12. The number of nitrogens with one attached hydrogen (secondary N) is 1. The number of hydrogen-bond acceptors (Lipinski definition) is 3. The van der Waals surface area contributed by atoms with Crippen LogP contribution in [0.4, 0.5) is 4.39 Å². The molecule has 0 saturated carbocycles. The standard InChI is InChI=1S/C12H13ClFNO3S/c1-12(4-5-19(17,18)7-12)15-11(16)9-6-8(13)2-3-10(9)14/h2-3,6H,4-5,7H2,1H3,(H,15,16)/t12-/m1/s1. The molecule has 2 rings (SSSR count). The molecule has 1 aliphatic heterocycles. The monoisotopic (exact) mass is 305 g/mol. The van der Waals surface area contributed by atoms with Gasteiger partial charge in [0.25, 0.3) is 5.91 Å². The minimum absolute atomic E-state index is 0.0296. The summed E-state index contributed by atoms with van der Waals surface area (Å²) < 4.78 is 36.4. The van der Waals surface area contributed by atoms with E-state index in [-0.39, 0.29) is 22.1 Å². The molecule has 1 heterocycles. The highest BCUT2D eigenvalue weighted by Crippen LogP contribution is 2.24. The minimum Gasteiger partial charge on any atom is -0.346 e. The molecule has 1 atom stereocenters. The third-order valence-corrected chi connectivity index (χ3v) is 5.23. The lowest BCUT2D eigenvalue weighted by molar-refractivity contribution is 0.0911. The van der Waals surface area contributed by atoms with Crippen molar-refractivity contribution in [1.29, 1.82) is 0 Å². The van der Waals surface area contributed by atoms with Crippen molar-refractivity contribution in [1.82, 2.24) is 5.32 Å². The fourth-order valence-corrected chi connectivity index (χ4v) is 4.39. The van der Waals surface area contributed by atoms with Crippen LogP contribution in [-0.4, -0.2) is 31.4 Å². The van der Waals surface area contributed by atoms with Crippen LogP contribution in [0.5, 0.6) is 0 Å². The zero-order valence-electron chi connectivity index (χ0n) is 10.2. The molecule has 0 aromatic heterocycles. The summed E-state index contributed by atoms with van der Waals surface area (Å²) in [6, 6.07) is 3.67. The highest BCUT2D eigenvalue weighted by molar-refractivity contribution is 7.91. The molecule has 1 N–H and O–H groups in total. The third kappa shape index (κ3) is 3.25. The Morgan fingerprint density at radius 1 is 1.47 bits per heavy atom. The van der Waals surface area contributed by atoms with Crippen molar-refractivity contribution >= 4 is 27.3 Å². The quantitative estimate of drug-likeness (QED) is 0.906. The Morgan fingerprint density at radius 3 is 2.74 bits per heavy atom. The molecule has 7 heteroatoms. The second-order valence-electron chi connectivity index (χ2n) is 4.98. The second kappa shape index (κ2) is 4.76. The maximum absolute atomic E-state index is 13.5. The lowest BCUT2D eigenvalue weighted by Gasteiger charge is -2.24. The smallest absolute Gasteiger partial charge is 0.254 e. The van der Waals surface area contributed by atoms with Gasteiger partial charge in [-0.2, -0.15) is 0 Å². The van der Waals surface area contributed by atoms with Crippen LogP contribution in [0.15, 0.2) is 18.2 Å². The van der Waals surface area contributed by atoms with Crippen LogP contribution in [0, 0.1) is 5.82 Å². The van der Waals surface area contributed by atoms with Crippen molar-refractivity contribution < 1.29 is 17.6 Å². The van der Waals surface area contributed by atoms with Gasteiger partial charge in [-0.25, -0.2) is 12.8 Å². The Labute approximate surface area is 115 Å². The van der Waals surface area contributed by atoms with Crippen LogP contribution in [0.2, 0.25) is 5.02 Å². The molecule has 1 saturated heterocycles. The molecule has 1 aliphatic rings. The van der Waals surface area contributed by atoms with E-state index in [0.29, 0.717) is 6.42 Å². The van der Waals surface area contributed by atoms with Gasteiger partial charge in [-0.15, -0.1) is 0 Å². The number of rotatable bonds is 2. The van der Waals surface area contributed by atoms with Gasteiger partial charge in [-0.05, 0) is 31.5 Å². The summed E-state index contributed by atoms with van der Waals surface area (Å²) in [5.41, 5.74) is -1.04. The highest BCUT2D eigenvalue weighted by atomic mass is 35.5. The number of halogens is 2. The first-order chi connectivity index (χ1) is 8.71. The predicted molar refractivity (Wildman–Crippen MR) is 70.6 cm³/mol. The Balaban J connectivity index is 2.20. The molecule has 1 aromatic carbocycles. The van der Waals surface area contributed by atoms with E-state index >= 15 is 0 Å². The molecule has 0 spiro atoms. The van der Waals surface area contributed by atoms with E-state index in [9.17, 15) is 17.6 Å². The van der Waals surface area contributed by atoms with Gasteiger partial charge in [0, 0.05) is 5.02 Å². The van der Waals surface area contributed by atoms with E-state index in [0.717, 1.165) is 6.07 Å². The number of sulfone groups is 1. The normalized spacial score (nSPS) is 25.2. The molecular formula is C12H13ClFNO3S. The topological polar surface area (TPSA) is 63.2 Å². The number of amides is 1. The van der Waals surface area contributed by atoms with Crippen LogP contribution < -0.4 is 5.32 Å². The van der Waals surface area contributed by atoms with Crippen molar-refractivity contribution in [2.45, 2.75) is 18.9 Å². The summed E-state index contributed by atoms with van der Waals surface area (Å²) in [5, 5.41) is 2.82. The lowest BCUT2D eigenvalue weighted by atomic mass is 10.0. The van der Waals surface area contributed by atoms with Gasteiger partial charge < -0.3 is 5.32 Å². The molecule has 104 valence electrons. The van der Waals surface area contributed by atoms with Crippen LogP contribution in [0.1, 0.15) is 23.7 Å². The molecule has 0 bridgehead atoms. The van der Waals surface area contributed by atoms with Crippen molar-refractivity contribution in [3.05, 3.63) is 34.6 Å². The zero-order chi connectivity index (χ0) is 14.3. The molecule has 1 amide bonds. The second-order valence-corrected chi connectivity index (χ2v) is 7.60. The van der Waals surface area contributed by atoms with E-state index in [2.05, 4.69) is 5.32 Å². The molecule has 0 radical (unpaired) electrons. The molecule has 4 nitrogen and oxygen atoms in total. The number of benzene rings is 1. The Hall–Kier alpha value is -1.14. The van der Waals surface area contributed by atoms with E-state index in [1.54, 1.807) is 6.92 Å². The predicted octanol–water partition coefficient (Wildman–Crippen LogP) is 1.79. The average Bonchev–Trinajstić information content (AvgIpc) is 2.56. The Morgan fingerprint density at radius 2 is 2.16 bits per heavy atom. The van der Waals surface area contributed by atoms with Gasteiger partial charge in [0.2, 0.25) is 0 Å². The summed E-state index contributed by atoms with van der Waals surface area (Å²) in [6.07, 6.45) is 0.323. The van der Waals surface area contributed by atoms with Crippen molar-refractivity contribution in [3.8, 4) is 0 Å². The Kier molecular flexibility index (Phi) is 3.57. The first kappa shape index (κ1) is 14.3. The van der Waals surface area contributed by atoms with Gasteiger partial charge in [0.05, 0.1) is 22.6 Å². The molecule has 0 unspecified atom stereocenters. The van der Waals surface area contributed by atoms with Gasteiger partial charge in [-0.3, -0.25) is 4.79 Å². The SMILES string of the molecule is C[C@@]1(NC(=O)c2cc(Cl)ccc2F)CCS(=O)(=O)C1. The fraction of sp³-hybridized carbons (Fsp3) is 0.417. The molecule has 0 aliphatic carbocycles. The largest absolute Gasteiger partial charge is 0.346 e. The van der Waals surface area contributed by atoms with E-state index in [1.807, 2.05) is 0 Å². The maximum Gasteiger partial charge on any atom is 0.254 e. The number of carbonyl (C=O) groups excluding carboxylic acids is 1. The van der Waals surface area contributed by atoms with Crippen LogP contribution in [0.3, 0.4) is 0 Å². The molecule has 1 aromatic rings. The van der Waals surface area contributed by atoms with Crippen LogP contribution in [-0.2, 0) is 9.84 Å². The first-order valence-corrected chi connectivity index (χ1v) is 7.89. The maximum atomic E-state index is 13.5. The van der Waals surface area contributed by atoms with E-state index in [4.69, 9.17) is 11.6 Å². The summed E-state index contributed by atoms with van der Waals surface area (Å²) in [5.74, 6) is -1.44. The minimum atomic E-state index is -3.13. The highest BCUT2D eigenvalue weighted by Gasteiger charge is 2.39. The number of carbonyl (C=O) groups is 1. The van der Waals surface area contributed by atoms with Gasteiger partial charge in [0.15, 0.2) is 9.84 Å². The van der Waals surface area contributed by atoms with Crippen LogP contribution in [0.25, 0.3) is 0 Å². The van der Waals surface area contributed by atoms with Crippen LogP contribution >= 0.6 is 11.6 Å². The van der Waals surface area contributed by atoms with Crippen molar-refractivity contribution in [2.24, 2.45) is 0 Å². The summed E-state index contributed by atoms with van der Waals surface area (Å²) >= 11 is 5.71. The summed E-state index contributed by atoms with van der Waals surface area (Å²) in [7, 11) is -3.13. The van der Waals surface area contributed by atoms with Crippen molar-refractivity contribution in [3.63, 3.8) is 0 Å². The van der Waals surface area contributed by atoms with E-state index < -0.39 is 27.1 Å². The number of hydrogen-bond donors (Lipinski definition) is 1. The average molecular weight is 306 g/mol. The zero-order valence-corrected chi connectivity index (χ0v) is 11.8. The first-order valence-electron chi connectivity index (χ1n) is 5.69. The van der Waals surface area contributed by atoms with Gasteiger partial charge in [-0.1, -0.05) is 11.6 Å². The lowest BCUT2D eigenvalue weighted by Crippen LogP contribution is -2.47. The summed E-state index contributed by atoms with van der Waals surface area (Å²) in [6.45, 7) is 1.64. The summed E-state index contributed by atoms with van der Waals surface area (Å²) in [4.78, 5) is 12.0. The van der Waals surface area contributed by atoms with Gasteiger partial charge in [0.1, 0.15) is 5.82 Å². The van der Waals surface area contributed by atoms with Crippen molar-refractivity contribution in [2.75, 3.05) is 11.5 Å². The third-order valence-electron chi connectivity index (χ3n) is 3.09. The Bertz CT molecular complexity index is 632. The molecule has 1 fully saturated rings. The van der Waals surface area contributed by atoms with E-state index in [1.165, 1.54) is 12.1 Å². The molecule has 19 heavy (non-hydrogen) atoms. The molecular weight excluding hydrogens is 293 g/mol. The van der Waals surface area contributed by atoms with Gasteiger partial charge >= 0.3 is 0 Å².